The number of ether oxygens (including phenoxy) is 5. The molecule has 1 aliphatic rings. The van der Waals surface area contributed by atoms with Crippen molar-refractivity contribution in [2.75, 3.05) is 26.4 Å². The van der Waals surface area contributed by atoms with E-state index in [2.05, 4.69) is 428 Å². The van der Waals surface area contributed by atoms with Gasteiger partial charge in [-0.2, -0.15) is 0 Å². The van der Waals surface area contributed by atoms with Crippen molar-refractivity contribution in [1.29, 1.82) is 0 Å². The molecular weight excluding hydrogens is 2100 g/mol. The molecule has 0 radical (unpaired) electrons. The van der Waals surface area contributed by atoms with Gasteiger partial charge in [-0.1, -0.05) is 486 Å². The average Bonchev–Trinajstić information content (AvgIpc) is 0.893. The predicted octanol–water partition coefficient (Wildman–Crippen LogP) is 25.4. The van der Waals surface area contributed by atoms with Crippen LogP contribution in [0.1, 0.15) is 140 Å². The molecule has 21 heteroatoms. The second-order valence-electron chi connectivity index (χ2n) is 32.4. The van der Waals surface area contributed by atoms with E-state index in [-0.39, 0.29) is 63.5 Å². The van der Waals surface area contributed by atoms with Crippen LogP contribution in [0.3, 0.4) is 0 Å². The Bertz CT molecular complexity index is 5190. The molecule has 1 unspecified atom stereocenters. The Labute approximate surface area is 895 Å². The van der Waals surface area contributed by atoms with E-state index < -0.39 is 49.7 Å². The quantitative estimate of drug-likeness (QED) is 0.00280. The van der Waals surface area contributed by atoms with E-state index in [1.807, 2.05) is 12.1 Å². The number of halogens is 1. The zero-order valence-electron chi connectivity index (χ0n) is 83.0. The molecule has 15 nitrogen and oxygen atoms in total. The number of cyclic esters (lactones) is 2. The van der Waals surface area contributed by atoms with Gasteiger partial charge in [0.05, 0.1) is 39.3 Å². The van der Waals surface area contributed by atoms with Gasteiger partial charge in [-0.3, -0.25) is 19.6 Å². The molecule has 1 saturated heterocycles. The SMILES string of the molecule is C=CC(=O)OCCCCCC.CCCCCCOC(=O)/C=C/c1ccc(C(CCOC=O)OO)cc1.CCCCCCOC(=O)/C=C/c1ccc(O)cc1.O=C1CCC(=O)O1.Oc1ccc(I)cc1.[Pd].c1ccc(P(c2ccccc2)c2ccccc2)cc1.c1ccc(P(c2ccccc2)c2ccccc2)cc1.c1ccc(P(c2ccccc2)c2ccccc2)cc1.c1ccc(P(c2ccccc2)c2ccccc2)cc1. The van der Waals surface area contributed by atoms with Gasteiger partial charge in [0.1, 0.15) is 17.6 Å². The summed E-state index contributed by atoms with van der Waals surface area (Å²) in [4.78, 5) is 68.0. The summed E-state index contributed by atoms with van der Waals surface area (Å²) in [7, 11) is -1.78. The van der Waals surface area contributed by atoms with Crippen molar-refractivity contribution in [2.45, 2.75) is 123 Å². The van der Waals surface area contributed by atoms with Crippen LogP contribution in [-0.2, 0) is 77.8 Å². The summed E-state index contributed by atoms with van der Waals surface area (Å²) in [5.41, 5.74) is 2.43. The van der Waals surface area contributed by atoms with E-state index in [9.17, 15) is 28.8 Å². The van der Waals surface area contributed by atoms with Crippen LogP contribution < -0.4 is 63.7 Å². The number of rotatable bonds is 38. The summed E-state index contributed by atoms with van der Waals surface area (Å²) in [6.07, 6.45) is 20.8. The first-order chi connectivity index (χ1) is 71.1. The van der Waals surface area contributed by atoms with Crippen molar-refractivity contribution >= 4 is 166 Å². The largest absolute Gasteiger partial charge is 0.508 e. The summed E-state index contributed by atoms with van der Waals surface area (Å²) >= 11 is 2.19. The number of phenolic OH excluding ortho intramolecular Hbond substituents is 2. The first-order valence-electron chi connectivity index (χ1n) is 48.8. The summed E-state index contributed by atoms with van der Waals surface area (Å²) < 4.78 is 24.8. The molecule has 1 heterocycles. The summed E-state index contributed by atoms with van der Waals surface area (Å²) in [6, 6.07) is 150. The first kappa shape index (κ1) is 120. The van der Waals surface area contributed by atoms with E-state index >= 15 is 0 Å². The Hall–Kier alpha value is -12.8. The Morgan fingerprint density at radius 3 is 0.753 bits per heavy atom. The molecule has 0 spiro atoms. The minimum absolute atomic E-state index is 0. The van der Waals surface area contributed by atoms with Gasteiger partial charge in [-0.25, -0.2) is 19.3 Å². The van der Waals surface area contributed by atoms with Crippen LogP contribution in [0.4, 0.5) is 0 Å². The molecule has 146 heavy (non-hydrogen) atoms. The molecule has 1 fully saturated rings. The molecule has 758 valence electrons. The fourth-order valence-corrected chi connectivity index (χ4v) is 23.7. The van der Waals surface area contributed by atoms with Gasteiger partial charge in [0, 0.05) is 48.6 Å². The molecule has 1 atom stereocenters. The third kappa shape index (κ3) is 48.5. The number of aromatic hydroxyl groups is 2. The number of esters is 5. The monoisotopic (exact) mass is 2230 g/mol. The summed E-state index contributed by atoms with van der Waals surface area (Å²) in [6.45, 7) is 11.7. The molecule has 0 amide bonds. The molecule has 0 bridgehead atoms. The fourth-order valence-electron chi connectivity index (χ4n) is 14.1. The van der Waals surface area contributed by atoms with E-state index in [1.165, 1.54) is 108 Å². The minimum atomic E-state index is -0.578. The van der Waals surface area contributed by atoms with Gasteiger partial charge < -0.3 is 33.9 Å². The topological polar surface area (TPSA) is 218 Å². The van der Waals surface area contributed by atoms with E-state index in [0.717, 1.165) is 71.6 Å². The smallest absolute Gasteiger partial charge is 0.330 e. The van der Waals surface area contributed by atoms with Gasteiger partial charge in [0.15, 0.2) is 0 Å². The van der Waals surface area contributed by atoms with Gasteiger partial charge in [0.25, 0.3) is 6.47 Å². The maximum Gasteiger partial charge on any atom is 0.330 e. The van der Waals surface area contributed by atoms with Gasteiger partial charge >= 0.3 is 29.8 Å². The molecule has 0 saturated carbocycles. The number of phenols is 2. The number of unbranched alkanes of at least 4 members (excludes halogenated alkanes) is 9. The minimum Gasteiger partial charge on any atom is -0.508 e. The molecule has 15 aromatic carbocycles. The Morgan fingerprint density at radius 1 is 0.329 bits per heavy atom. The standard InChI is InChI=1S/C19H26O6.4C18H15P.C15H20O3.C9H16O2.C6H5IO.C4H4O3.Pd/c1-2-3-4-5-13-24-19(21)11-8-16-6-9-17(10-7-16)18(25-22)12-14-23-15-20;4*1-4-10-16(11-5-1)19(17-12-6-2-7-13-17)18-14-8-3-9-15-18;1-2-3-4-5-12-18-15(17)11-8-13-6-9-14(16)10-7-13;1-3-5-6-7-8-11-9(10)4-2;7-5-1-3-6(8)4-2-5;5-3-1-2-4(6)7-3;/h6-11,15,18,22H,2-5,12-14H2,1H3;4*1-15H;6-11,16H,2-5,12H2,1H3;4H,2-3,5-8H2,1H3;1-4,8H;1-2H2;/b11-8+;;;;;11-8+;;;;. The maximum atomic E-state index is 11.6. The van der Waals surface area contributed by atoms with Crippen molar-refractivity contribution < 1.29 is 93.2 Å². The second-order valence-corrected chi connectivity index (χ2v) is 42.5. The van der Waals surface area contributed by atoms with Crippen LogP contribution in [0.2, 0.25) is 0 Å². The van der Waals surface area contributed by atoms with Gasteiger partial charge in [0.2, 0.25) is 0 Å². The predicted molar refractivity (Wildman–Crippen MR) is 613 cm³/mol. The third-order valence-electron chi connectivity index (χ3n) is 21.4. The molecule has 0 aliphatic carbocycles. The number of carbonyl (C=O) groups is 6. The van der Waals surface area contributed by atoms with Crippen molar-refractivity contribution in [1.82, 2.24) is 0 Å². The molecular formula is C125H131IO15P4Pd. The van der Waals surface area contributed by atoms with Crippen molar-refractivity contribution in [3.8, 4) is 11.5 Å². The zero-order chi connectivity index (χ0) is 103. The summed E-state index contributed by atoms with van der Waals surface area (Å²) in [5, 5.41) is 43.6. The van der Waals surface area contributed by atoms with E-state index in [0.29, 0.717) is 38.5 Å². The number of hydrogen-bond acceptors (Lipinski definition) is 15. The van der Waals surface area contributed by atoms with Crippen LogP contribution in [0.25, 0.3) is 12.2 Å². The van der Waals surface area contributed by atoms with Crippen LogP contribution in [0.5, 0.6) is 11.5 Å². The Kier molecular flexibility index (Phi) is 61.7. The molecule has 1 aliphatic heterocycles. The van der Waals surface area contributed by atoms with E-state index in [4.69, 9.17) is 29.7 Å². The average molecular weight is 2230 g/mol. The molecule has 16 rings (SSSR count). The molecule has 15 aromatic rings. The third-order valence-corrected chi connectivity index (χ3v) is 31.9. The van der Waals surface area contributed by atoms with Crippen LogP contribution in [0, 0.1) is 3.57 Å². The maximum absolute atomic E-state index is 11.6. The van der Waals surface area contributed by atoms with Crippen molar-refractivity contribution in [3.05, 3.63) is 482 Å². The number of hydrogen-bond donors (Lipinski definition) is 3. The Morgan fingerprint density at radius 2 is 0.555 bits per heavy atom. The summed E-state index contributed by atoms with van der Waals surface area (Å²) in [5.74, 6) is -1.25. The van der Waals surface area contributed by atoms with Crippen LogP contribution in [0.15, 0.2) is 462 Å². The molecule has 3 N–H and O–H groups in total. The fraction of sp³-hybridized carbons (Fsp3) is 0.184. The van der Waals surface area contributed by atoms with Crippen LogP contribution in [-0.4, -0.2) is 78.2 Å². The van der Waals surface area contributed by atoms with Gasteiger partial charge in [-0.15, -0.1) is 0 Å². The number of carbonyl (C=O) groups excluding carboxylic acids is 6. The first-order valence-corrected chi connectivity index (χ1v) is 55.3. The normalized spacial score (nSPS) is 11.0. The number of benzene rings is 15. The molecule has 0 aromatic heterocycles. The zero-order valence-corrected chi connectivity index (χ0v) is 90.3. The van der Waals surface area contributed by atoms with E-state index in [1.54, 1.807) is 72.8 Å². The van der Waals surface area contributed by atoms with Crippen molar-refractivity contribution in [2.24, 2.45) is 0 Å². The van der Waals surface area contributed by atoms with Gasteiger partial charge in [-0.05, 0) is 202 Å². The Balaban J connectivity index is 0.000000226. The van der Waals surface area contributed by atoms with Crippen molar-refractivity contribution in [3.63, 3.8) is 0 Å². The second kappa shape index (κ2) is 75.0. The van der Waals surface area contributed by atoms with Crippen LogP contribution >= 0.6 is 54.3 Å².